The van der Waals surface area contributed by atoms with E-state index in [9.17, 15) is 17.7 Å². The molecule has 12 heteroatoms. The molecule has 0 saturated carbocycles. The van der Waals surface area contributed by atoms with Crippen LogP contribution in [0.3, 0.4) is 0 Å². The summed E-state index contributed by atoms with van der Waals surface area (Å²) in [6, 6.07) is 11.1. The molecule has 1 aromatic heterocycles. The summed E-state index contributed by atoms with van der Waals surface area (Å²) in [6.07, 6.45) is -3.64. The predicted octanol–water partition coefficient (Wildman–Crippen LogP) is 6.27. The van der Waals surface area contributed by atoms with E-state index in [1.165, 1.54) is 11.3 Å². The largest absolute Gasteiger partial charge is 0.491 e. The summed E-state index contributed by atoms with van der Waals surface area (Å²) < 4.78 is 72.5. The van der Waals surface area contributed by atoms with Crippen LogP contribution in [0, 0.1) is 17.8 Å². The summed E-state index contributed by atoms with van der Waals surface area (Å²) in [5.74, 6) is 6.92. The first-order valence-corrected chi connectivity index (χ1v) is 18.7. The van der Waals surface area contributed by atoms with Crippen LogP contribution in [-0.2, 0) is 20.5 Å². The number of rotatable bonds is 2. The molecule has 4 bridgehead atoms. The summed E-state index contributed by atoms with van der Waals surface area (Å²) in [7, 11) is -0.485. The van der Waals surface area contributed by atoms with E-state index < -0.39 is 19.7 Å². The van der Waals surface area contributed by atoms with Crippen LogP contribution in [0.15, 0.2) is 36.4 Å². The molecule has 0 unspecified atom stereocenters. The molecule has 2 N–H and O–H groups in total. The molecule has 2 aliphatic rings. The lowest BCUT2D eigenvalue weighted by Gasteiger charge is -2.38. The van der Waals surface area contributed by atoms with Gasteiger partial charge < -0.3 is 34.3 Å². The fourth-order valence-corrected chi connectivity index (χ4v) is 7.84. The minimum absolute atomic E-state index is 0.165. The second kappa shape index (κ2) is 14.8. The van der Waals surface area contributed by atoms with Crippen molar-refractivity contribution >= 4 is 45.2 Å². The van der Waals surface area contributed by atoms with Crippen LogP contribution in [0.5, 0.6) is 5.75 Å². The number of likely N-dealkylation sites (tertiary alicyclic amines) is 1. The molecule has 2 aromatic carbocycles. The van der Waals surface area contributed by atoms with Gasteiger partial charge in [-0.05, 0) is 74.8 Å². The highest BCUT2D eigenvalue weighted by Gasteiger charge is 2.32. The zero-order valence-corrected chi connectivity index (χ0v) is 27.7. The number of halogens is 3. The van der Waals surface area contributed by atoms with Crippen molar-refractivity contribution in [1.29, 1.82) is 0 Å². The standard InChI is InChI=1S/C33H41F3N3O4PS/c1-39-12-9-29-23(22-39)10-13-41-14-15-42-16-17-43-25-18-24(19-26(20-25)44(2,3)40)37-11-5-8-31-28(21-33(34,35)36)27-6-4-7-30(38-29)32(27)45-31/h4,6-7,18-20,23,29,37-38H,9-17,21-22H2,1-3H3/t23-,29-/m1/s1. The molecule has 1 saturated heterocycles. The van der Waals surface area contributed by atoms with Gasteiger partial charge in [-0.1, -0.05) is 24.0 Å². The molecular weight excluding hydrogens is 622 g/mol. The van der Waals surface area contributed by atoms with Gasteiger partial charge in [-0.15, -0.1) is 11.3 Å². The van der Waals surface area contributed by atoms with Crippen LogP contribution in [0.25, 0.3) is 10.1 Å². The highest BCUT2D eigenvalue weighted by Crippen LogP contribution is 2.40. The highest BCUT2D eigenvalue weighted by atomic mass is 32.1. The van der Waals surface area contributed by atoms with Crippen molar-refractivity contribution in [2.75, 3.05) is 83.7 Å². The summed E-state index contributed by atoms with van der Waals surface area (Å²) >= 11 is 1.30. The predicted molar refractivity (Wildman–Crippen MR) is 177 cm³/mol. The lowest BCUT2D eigenvalue weighted by atomic mass is 9.89. The van der Waals surface area contributed by atoms with Crippen molar-refractivity contribution in [2.45, 2.75) is 31.5 Å². The third kappa shape index (κ3) is 9.40. The molecule has 7 nitrogen and oxygen atoms in total. The second-order valence-electron chi connectivity index (χ2n) is 12.0. The molecule has 3 aromatic rings. The molecule has 0 amide bonds. The Hall–Kier alpha value is -2.74. The fraction of sp³-hybridized carbons (Fsp3) is 0.515. The third-order valence-electron chi connectivity index (χ3n) is 8.07. The lowest BCUT2D eigenvalue weighted by molar-refractivity contribution is -0.126. The van der Waals surface area contributed by atoms with Gasteiger partial charge in [-0.25, -0.2) is 0 Å². The Labute approximate surface area is 267 Å². The topological polar surface area (TPSA) is 72.1 Å². The normalized spacial score (nSPS) is 21.1. The number of ether oxygens (including phenoxy) is 3. The number of hydrogen-bond acceptors (Lipinski definition) is 8. The summed E-state index contributed by atoms with van der Waals surface area (Å²) in [6.45, 7) is 7.62. The number of benzene rings is 2. The highest BCUT2D eigenvalue weighted by molar-refractivity contribution is 7.70. The molecule has 2 aliphatic heterocycles. The van der Waals surface area contributed by atoms with Gasteiger partial charge in [0.1, 0.15) is 19.5 Å². The maximum atomic E-state index is 13.8. The maximum Gasteiger partial charge on any atom is 0.393 e. The monoisotopic (exact) mass is 663 g/mol. The Bertz CT molecular complexity index is 1580. The fourth-order valence-electron chi connectivity index (χ4n) is 5.78. The van der Waals surface area contributed by atoms with E-state index in [1.807, 2.05) is 12.1 Å². The van der Waals surface area contributed by atoms with E-state index >= 15 is 0 Å². The van der Waals surface area contributed by atoms with Crippen molar-refractivity contribution < 1.29 is 31.9 Å². The molecule has 3 heterocycles. The lowest BCUT2D eigenvalue weighted by Crippen LogP contribution is -2.45. The summed E-state index contributed by atoms with van der Waals surface area (Å²) in [5.41, 5.74) is 1.71. The van der Waals surface area contributed by atoms with Gasteiger partial charge in [0.25, 0.3) is 0 Å². The first-order chi connectivity index (χ1) is 21.5. The number of thiophene rings is 1. The van der Waals surface area contributed by atoms with Crippen LogP contribution < -0.4 is 20.7 Å². The first-order valence-electron chi connectivity index (χ1n) is 15.2. The van der Waals surface area contributed by atoms with Gasteiger partial charge in [0.15, 0.2) is 0 Å². The van der Waals surface area contributed by atoms with Crippen molar-refractivity contribution in [3.05, 3.63) is 46.8 Å². The van der Waals surface area contributed by atoms with Gasteiger partial charge in [-0.2, -0.15) is 13.2 Å². The number of fused-ring (bicyclic) bond motifs is 4. The minimum atomic E-state index is -4.37. The Balaban J connectivity index is 1.48. The smallest absolute Gasteiger partial charge is 0.393 e. The van der Waals surface area contributed by atoms with E-state index in [-0.39, 0.29) is 18.2 Å². The van der Waals surface area contributed by atoms with E-state index in [1.54, 1.807) is 37.6 Å². The number of nitrogens with one attached hydrogen (secondary N) is 2. The molecule has 244 valence electrons. The number of alkyl halides is 3. The van der Waals surface area contributed by atoms with Gasteiger partial charge in [-0.3, -0.25) is 0 Å². The number of anilines is 2. The van der Waals surface area contributed by atoms with Gasteiger partial charge in [0, 0.05) is 36.3 Å². The van der Waals surface area contributed by atoms with E-state index in [2.05, 4.69) is 34.4 Å². The SMILES string of the molecule is CN1CC[C@H]2Nc3cccc4c(CC(F)(F)F)c(sc34)C#CCNc3cc(cc(P(C)(C)=O)c3)OCCOCCOCC[C@@H]2C1. The average molecular weight is 664 g/mol. The molecule has 2 atom stereocenters. The van der Waals surface area contributed by atoms with E-state index in [0.717, 1.165) is 36.3 Å². The average Bonchev–Trinajstić information content (AvgIpc) is 3.31. The van der Waals surface area contributed by atoms with E-state index in [4.69, 9.17) is 14.2 Å². The van der Waals surface area contributed by atoms with Crippen LogP contribution in [0.1, 0.15) is 23.3 Å². The van der Waals surface area contributed by atoms with Crippen molar-refractivity contribution in [3.63, 3.8) is 0 Å². The van der Waals surface area contributed by atoms with Crippen LogP contribution in [-0.4, -0.2) is 90.2 Å². The number of hydrogen-bond donors (Lipinski definition) is 2. The van der Waals surface area contributed by atoms with Crippen LogP contribution >= 0.6 is 18.5 Å². The molecular formula is C33H41F3N3O4PS. The molecule has 0 spiro atoms. The maximum absolute atomic E-state index is 13.8. The Kier molecular flexibility index (Phi) is 11.0. The Morgan fingerprint density at radius 2 is 1.84 bits per heavy atom. The van der Waals surface area contributed by atoms with Crippen molar-refractivity contribution in [3.8, 4) is 17.6 Å². The molecule has 45 heavy (non-hydrogen) atoms. The third-order valence-corrected chi connectivity index (χ3v) is 10.8. The van der Waals surface area contributed by atoms with Gasteiger partial charge in [0.05, 0.1) is 48.1 Å². The summed E-state index contributed by atoms with van der Waals surface area (Å²) in [5, 5.41) is 8.15. The Morgan fingerprint density at radius 3 is 2.62 bits per heavy atom. The first kappa shape index (κ1) is 33.6. The zero-order chi connectivity index (χ0) is 32.0. The number of piperidine rings is 1. The van der Waals surface area contributed by atoms with Gasteiger partial charge >= 0.3 is 6.18 Å². The molecule has 5 rings (SSSR count). The van der Waals surface area contributed by atoms with E-state index in [0.29, 0.717) is 66.0 Å². The summed E-state index contributed by atoms with van der Waals surface area (Å²) in [4.78, 5) is 2.72. The minimum Gasteiger partial charge on any atom is -0.491 e. The number of nitrogens with zero attached hydrogens (tertiary/aromatic N) is 1. The molecule has 0 radical (unpaired) electrons. The molecule has 0 aliphatic carbocycles. The van der Waals surface area contributed by atoms with Crippen LogP contribution in [0.2, 0.25) is 0 Å². The molecule has 1 fully saturated rings. The van der Waals surface area contributed by atoms with Crippen LogP contribution in [0.4, 0.5) is 24.5 Å². The van der Waals surface area contributed by atoms with Crippen molar-refractivity contribution in [1.82, 2.24) is 4.90 Å². The quantitative estimate of drug-likeness (QED) is 0.248. The zero-order valence-electron chi connectivity index (χ0n) is 26.0. The van der Waals surface area contributed by atoms with Crippen molar-refractivity contribution in [2.24, 2.45) is 5.92 Å². The Morgan fingerprint density at radius 1 is 1.07 bits per heavy atom. The second-order valence-corrected chi connectivity index (χ2v) is 16.3. The van der Waals surface area contributed by atoms with Gasteiger partial charge in [0.2, 0.25) is 0 Å².